The Hall–Kier alpha value is -1.10. The van der Waals surface area contributed by atoms with E-state index in [2.05, 4.69) is 17.1 Å². The Morgan fingerprint density at radius 1 is 1.20 bits per heavy atom. The van der Waals surface area contributed by atoms with Gasteiger partial charge in [-0.05, 0) is 49.6 Å². The van der Waals surface area contributed by atoms with Crippen LogP contribution in [0.4, 0.5) is 0 Å². The second-order valence-corrected chi connectivity index (χ2v) is 5.65. The number of benzene rings is 1. The van der Waals surface area contributed by atoms with Crippen molar-refractivity contribution in [3.63, 3.8) is 0 Å². The van der Waals surface area contributed by atoms with Gasteiger partial charge in [-0.15, -0.1) is 0 Å². The Labute approximate surface area is 121 Å². The van der Waals surface area contributed by atoms with Gasteiger partial charge in [0.1, 0.15) is 5.75 Å². The summed E-state index contributed by atoms with van der Waals surface area (Å²) >= 11 is 0. The smallest absolute Gasteiger partial charge is 0.119 e. The van der Waals surface area contributed by atoms with Crippen LogP contribution in [0.2, 0.25) is 0 Å². The van der Waals surface area contributed by atoms with Crippen molar-refractivity contribution in [3.05, 3.63) is 28.8 Å². The van der Waals surface area contributed by atoms with Crippen molar-refractivity contribution in [1.29, 1.82) is 0 Å². The summed E-state index contributed by atoms with van der Waals surface area (Å²) < 4.78 is 5.29. The molecule has 1 saturated heterocycles. The molecule has 1 aromatic rings. The highest BCUT2D eigenvalue weighted by atomic mass is 16.5. The molecule has 2 N–H and O–H groups in total. The van der Waals surface area contributed by atoms with Crippen molar-refractivity contribution in [1.82, 2.24) is 10.2 Å². The highest BCUT2D eigenvalue weighted by Crippen LogP contribution is 2.30. The maximum Gasteiger partial charge on any atom is 0.119 e. The molecule has 0 aliphatic carbocycles. The molecule has 4 heteroatoms. The quantitative estimate of drug-likeness (QED) is 0.879. The summed E-state index contributed by atoms with van der Waals surface area (Å²) in [5.74, 6) is 0.853. The third kappa shape index (κ3) is 3.14. The predicted molar refractivity (Wildman–Crippen MR) is 81.3 cm³/mol. The lowest BCUT2D eigenvalue weighted by Gasteiger charge is -2.36. The van der Waals surface area contributed by atoms with Gasteiger partial charge in [-0.1, -0.05) is 0 Å². The Balaban J connectivity index is 2.21. The van der Waals surface area contributed by atoms with Crippen LogP contribution in [-0.2, 0) is 0 Å². The van der Waals surface area contributed by atoms with E-state index < -0.39 is 6.10 Å². The summed E-state index contributed by atoms with van der Waals surface area (Å²) in [5.41, 5.74) is 3.23. The molecule has 1 heterocycles. The van der Waals surface area contributed by atoms with Gasteiger partial charge in [-0.3, -0.25) is 4.90 Å². The van der Waals surface area contributed by atoms with Gasteiger partial charge in [-0.2, -0.15) is 0 Å². The Kier molecular flexibility index (Phi) is 5.02. The van der Waals surface area contributed by atoms with Crippen molar-refractivity contribution in [2.75, 3.05) is 33.3 Å². The van der Waals surface area contributed by atoms with Crippen LogP contribution in [0.1, 0.15) is 29.7 Å². The van der Waals surface area contributed by atoms with E-state index in [1.807, 2.05) is 26.0 Å². The fourth-order valence-electron chi connectivity index (χ4n) is 3.05. The van der Waals surface area contributed by atoms with Crippen LogP contribution in [0.15, 0.2) is 12.1 Å². The zero-order valence-corrected chi connectivity index (χ0v) is 12.9. The van der Waals surface area contributed by atoms with Crippen LogP contribution in [-0.4, -0.2) is 49.3 Å². The van der Waals surface area contributed by atoms with Crippen LogP contribution in [0.5, 0.6) is 5.75 Å². The molecule has 2 atom stereocenters. The minimum absolute atomic E-state index is 0.128. The standard InChI is InChI=1S/C16H26N2O2/c1-11-9-14(20-4)10-12(2)15(11)16(19)13(3)18-7-5-17-6-8-18/h9-10,13,16-17,19H,5-8H2,1-4H3. The van der Waals surface area contributed by atoms with E-state index in [9.17, 15) is 5.11 Å². The lowest BCUT2D eigenvalue weighted by Crippen LogP contribution is -2.49. The van der Waals surface area contributed by atoms with E-state index >= 15 is 0 Å². The first-order chi connectivity index (χ1) is 9.54. The molecule has 0 aromatic heterocycles. The normalized spacial score (nSPS) is 19.6. The number of nitrogens with zero attached hydrogens (tertiary/aromatic N) is 1. The second-order valence-electron chi connectivity index (χ2n) is 5.65. The van der Waals surface area contributed by atoms with Crippen molar-refractivity contribution in [2.45, 2.75) is 32.9 Å². The van der Waals surface area contributed by atoms with Crippen molar-refractivity contribution >= 4 is 0 Å². The highest BCUT2D eigenvalue weighted by Gasteiger charge is 2.26. The van der Waals surface area contributed by atoms with Crippen LogP contribution in [0.25, 0.3) is 0 Å². The number of aliphatic hydroxyl groups is 1. The molecular formula is C16H26N2O2. The number of piperazine rings is 1. The average molecular weight is 278 g/mol. The number of hydrogen-bond donors (Lipinski definition) is 2. The number of aliphatic hydroxyl groups excluding tert-OH is 1. The van der Waals surface area contributed by atoms with E-state index in [1.165, 1.54) is 0 Å². The molecule has 1 aromatic carbocycles. The summed E-state index contributed by atoms with van der Waals surface area (Å²) in [7, 11) is 1.67. The summed E-state index contributed by atoms with van der Waals surface area (Å²) in [6, 6.07) is 4.12. The predicted octanol–water partition coefficient (Wildman–Crippen LogP) is 1.64. The molecule has 2 unspecified atom stereocenters. The van der Waals surface area contributed by atoms with Crippen LogP contribution >= 0.6 is 0 Å². The SMILES string of the molecule is COc1cc(C)c(C(O)C(C)N2CCNCC2)c(C)c1. The zero-order chi connectivity index (χ0) is 14.7. The summed E-state index contributed by atoms with van der Waals surface area (Å²) in [5, 5.41) is 14.1. The van der Waals surface area contributed by atoms with E-state index in [0.29, 0.717) is 0 Å². The minimum Gasteiger partial charge on any atom is -0.497 e. The molecule has 4 nitrogen and oxygen atoms in total. The first-order valence-corrected chi connectivity index (χ1v) is 7.32. The first kappa shape index (κ1) is 15.3. The third-order valence-electron chi connectivity index (χ3n) is 4.28. The van der Waals surface area contributed by atoms with E-state index in [-0.39, 0.29) is 6.04 Å². The molecule has 2 rings (SSSR count). The Morgan fingerprint density at radius 2 is 1.75 bits per heavy atom. The number of rotatable bonds is 4. The average Bonchev–Trinajstić information content (AvgIpc) is 2.46. The topological polar surface area (TPSA) is 44.7 Å². The summed E-state index contributed by atoms with van der Waals surface area (Å²) in [4.78, 5) is 2.35. The van der Waals surface area contributed by atoms with Gasteiger partial charge in [0.2, 0.25) is 0 Å². The van der Waals surface area contributed by atoms with Crippen LogP contribution < -0.4 is 10.1 Å². The van der Waals surface area contributed by atoms with E-state index in [4.69, 9.17) is 4.74 Å². The van der Waals surface area contributed by atoms with Crippen LogP contribution in [0, 0.1) is 13.8 Å². The lowest BCUT2D eigenvalue weighted by molar-refractivity contribution is 0.0502. The van der Waals surface area contributed by atoms with E-state index in [0.717, 1.165) is 48.6 Å². The molecule has 20 heavy (non-hydrogen) atoms. The lowest BCUT2D eigenvalue weighted by atomic mass is 9.93. The van der Waals surface area contributed by atoms with Crippen molar-refractivity contribution in [2.24, 2.45) is 0 Å². The molecule has 0 saturated carbocycles. The largest absolute Gasteiger partial charge is 0.497 e. The molecule has 0 bridgehead atoms. The van der Waals surface area contributed by atoms with E-state index in [1.54, 1.807) is 7.11 Å². The molecule has 1 aliphatic rings. The fourth-order valence-corrected chi connectivity index (χ4v) is 3.05. The molecule has 0 spiro atoms. The molecule has 0 amide bonds. The van der Waals surface area contributed by atoms with Gasteiger partial charge in [0, 0.05) is 32.2 Å². The Morgan fingerprint density at radius 3 is 2.25 bits per heavy atom. The number of nitrogens with one attached hydrogen (secondary N) is 1. The number of hydrogen-bond acceptors (Lipinski definition) is 4. The van der Waals surface area contributed by atoms with Gasteiger partial charge < -0.3 is 15.2 Å². The van der Waals surface area contributed by atoms with Crippen molar-refractivity contribution in [3.8, 4) is 5.75 Å². The first-order valence-electron chi connectivity index (χ1n) is 7.32. The zero-order valence-electron chi connectivity index (χ0n) is 12.9. The van der Waals surface area contributed by atoms with Gasteiger partial charge in [0.05, 0.1) is 13.2 Å². The van der Waals surface area contributed by atoms with Crippen molar-refractivity contribution < 1.29 is 9.84 Å². The Bertz CT molecular complexity index is 433. The second kappa shape index (κ2) is 6.57. The van der Waals surface area contributed by atoms with Gasteiger partial charge in [-0.25, -0.2) is 0 Å². The monoisotopic (exact) mass is 278 g/mol. The molecule has 112 valence electrons. The molecule has 0 radical (unpaired) electrons. The molecular weight excluding hydrogens is 252 g/mol. The molecule has 1 fully saturated rings. The molecule has 1 aliphatic heterocycles. The number of methoxy groups -OCH3 is 1. The van der Waals surface area contributed by atoms with Gasteiger partial charge in [0.15, 0.2) is 0 Å². The van der Waals surface area contributed by atoms with Gasteiger partial charge in [0.25, 0.3) is 0 Å². The summed E-state index contributed by atoms with van der Waals surface area (Å²) in [6.45, 7) is 10.2. The minimum atomic E-state index is -0.459. The maximum atomic E-state index is 10.8. The van der Waals surface area contributed by atoms with Gasteiger partial charge >= 0.3 is 0 Å². The highest BCUT2D eigenvalue weighted by molar-refractivity contribution is 5.42. The number of aryl methyl sites for hydroxylation is 2. The fraction of sp³-hybridized carbons (Fsp3) is 0.625. The van der Waals surface area contributed by atoms with Crippen LogP contribution in [0.3, 0.4) is 0 Å². The number of ether oxygens (including phenoxy) is 1. The summed E-state index contributed by atoms with van der Waals surface area (Å²) in [6.07, 6.45) is -0.459. The third-order valence-corrected chi connectivity index (χ3v) is 4.28. The maximum absolute atomic E-state index is 10.8.